The number of aromatic amines is 1. The third-order valence-electron chi connectivity index (χ3n) is 3.75. The fraction of sp³-hybridized carbons (Fsp3) is 0.733. The number of nitrogens with zero attached hydrogens (tertiary/aromatic N) is 1. The summed E-state index contributed by atoms with van der Waals surface area (Å²) in [5.41, 5.74) is 0.633. The van der Waals surface area contributed by atoms with Gasteiger partial charge in [0.1, 0.15) is 18.3 Å². The maximum atomic E-state index is 11.4. The van der Waals surface area contributed by atoms with Gasteiger partial charge >= 0.3 is 0 Å². The fourth-order valence-electron chi connectivity index (χ4n) is 2.83. The number of hydrogen-bond donors (Lipinski definition) is 1. The lowest BCUT2D eigenvalue weighted by Gasteiger charge is -2.23. The quantitative estimate of drug-likeness (QED) is 0.859. The summed E-state index contributed by atoms with van der Waals surface area (Å²) in [5, 5.41) is 0. The first-order valence-corrected chi connectivity index (χ1v) is 7.40. The molecule has 0 radical (unpaired) electrons. The highest BCUT2D eigenvalue weighted by molar-refractivity contribution is 5.90. The highest BCUT2D eigenvalue weighted by Gasteiger charge is 2.51. The Morgan fingerprint density at radius 1 is 1.23 bits per heavy atom. The molecule has 3 heterocycles. The number of ether oxygens (including phenoxy) is 4. The molecule has 0 aliphatic carbocycles. The molecule has 0 amide bonds. The minimum absolute atomic E-state index is 0.123. The highest BCUT2D eigenvalue weighted by Crippen LogP contribution is 2.42. The predicted octanol–water partition coefficient (Wildman–Crippen LogP) is 1.96. The summed E-state index contributed by atoms with van der Waals surface area (Å²) in [6.45, 7) is 9.32. The second kappa shape index (κ2) is 5.13. The second-order valence-corrected chi connectivity index (χ2v) is 6.62. The van der Waals surface area contributed by atoms with Crippen LogP contribution in [0.15, 0.2) is 6.20 Å². The SMILES string of the molecule is CC(=O)c1nc([C@H]2OC(C)(C)O[C@@H]2C2COC(C)(C)O2)c[nH]1. The summed E-state index contributed by atoms with van der Waals surface area (Å²) in [7, 11) is 0. The third-order valence-corrected chi connectivity index (χ3v) is 3.75. The molecule has 1 N–H and O–H groups in total. The Morgan fingerprint density at radius 2 is 1.95 bits per heavy atom. The van der Waals surface area contributed by atoms with E-state index in [1.165, 1.54) is 6.92 Å². The van der Waals surface area contributed by atoms with Crippen LogP contribution in [-0.4, -0.2) is 46.1 Å². The number of Topliss-reactive ketones (excluding diaryl/α,β-unsaturated/α-hetero) is 1. The number of aromatic nitrogens is 2. The van der Waals surface area contributed by atoms with Crippen molar-refractivity contribution in [1.82, 2.24) is 9.97 Å². The largest absolute Gasteiger partial charge is 0.348 e. The smallest absolute Gasteiger partial charge is 0.194 e. The van der Waals surface area contributed by atoms with Gasteiger partial charge < -0.3 is 23.9 Å². The number of H-pyrrole nitrogens is 1. The molecule has 3 rings (SSSR count). The van der Waals surface area contributed by atoms with Crippen molar-refractivity contribution in [2.75, 3.05) is 6.61 Å². The Morgan fingerprint density at radius 3 is 2.50 bits per heavy atom. The summed E-state index contributed by atoms with van der Waals surface area (Å²) in [6.07, 6.45) is 0.668. The predicted molar refractivity (Wildman–Crippen MR) is 76.3 cm³/mol. The molecular weight excluding hydrogens is 288 g/mol. The number of nitrogens with one attached hydrogen (secondary N) is 1. The van der Waals surface area contributed by atoms with E-state index in [9.17, 15) is 4.79 Å². The highest BCUT2D eigenvalue weighted by atomic mass is 16.8. The van der Waals surface area contributed by atoms with Crippen LogP contribution in [-0.2, 0) is 18.9 Å². The molecule has 1 aromatic heterocycles. The van der Waals surface area contributed by atoms with Gasteiger partial charge in [0.05, 0.1) is 12.3 Å². The minimum Gasteiger partial charge on any atom is -0.348 e. The molecule has 7 heteroatoms. The molecule has 22 heavy (non-hydrogen) atoms. The van der Waals surface area contributed by atoms with Gasteiger partial charge in [0.15, 0.2) is 23.2 Å². The van der Waals surface area contributed by atoms with Gasteiger partial charge in [-0.15, -0.1) is 0 Å². The van der Waals surface area contributed by atoms with E-state index < -0.39 is 17.7 Å². The molecule has 3 atom stereocenters. The molecule has 1 aromatic rings. The van der Waals surface area contributed by atoms with Gasteiger partial charge in [0, 0.05) is 13.1 Å². The number of hydrogen-bond acceptors (Lipinski definition) is 6. The number of carbonyl (C=O) groups excluding carboxylic acids is 1. The first-order valence-electron chi connectivity index (χ1n) is 7.40. The second-order valence-electron chi connectivity index (χ2n) is 6.62. The topological polar surface area (TPSA) is 82.7 Å². The van der Waals surface area contributed by atoms with Crippen LogP contribution < -0.4 is 0 Å². The Balaban J connectivity index is 1.85. The van der Waals surface area contributed by atoms with E-state index in [1.54, 1.807) is 6.20 Å². The van der Waals surface area contributed by atoms with E-state index in [-0.39, 0.29) is 18.0 Å². The molecule has 0 saturated carbocycles. The molecular formula is C15H22N2O5. The van der Waals surface area contributed by atoms with E-state index in [2.05, 4.69) is 9.97 Å². The lowest BCUT2D eigenvalue weighted by atomic mass is 10.1. The van der Waals surface area contributed by atoms with Crippen LogP contribution in [0, 0.1) is 0 Å². The molecule has 1 unspecified atom stereocenters. The summed E-state index contributed by atoms with van der Waals surface area (Å²) in [6, 6.07) is 0. The van der Waals surface area contributed by atoms with Gasteiger partial charge in [-0.2, -0.15) is 0 Å². The maximum absolute atomic E-state index is 11.4. The van der Waals surface area contributed by atoms with Crippen LogP contribution in [0.25, 0.3) is 0 Å². The molecule has 2 aliphatic rings. The minimum atomic E-state index is -0.749. The standard InChI is InChI=1S/C15H22N2O5/c1-8(18)13-16-6-9(17-13)11-12(22-15(4,5)21-11)10-7-19-14(2,3)20-10/h6,10-12H,7H2,1-5H3,(H,16,17)/t10?,11-,12-/m1/s1. The Hall–Kier alpha value is -1.28. The molecule has 0 bridgehead atoms. The van der Waals surface area contributed by atoms with E-state index in [1.807, 2.05) is 27.7 Å². The number of rotatable bonds is 3. The average Bonchev–Trinajstić information content (AvgIpc) is 3.05. The van der Waals surface area contributed by atoms with Crippen molar-refractivity contribution < 1.29 is 23.7 Å². The third kappa shape index (κ3) is 2.94. The molecule has 2 saturated heterocycles. The summed E-state index contributed by atoms with van der Waals surface area (Å²) >= 11 is 0. The van der Waals surface area contributed by atoms with Crippen LogP contribution in [0.2, 0.25) is 0 Å². The summed E-state index contributed by atoms with van der Waals surface area (Å²) < 4.78 is 23.5. The van der Waals surface area contributed by atoms with Gasteiger partial charge in [-0.3, -0.25) is 4.79 Å². The van der Waals surface area contributed by atoms with E-state index in [0.29, 0.717) is 18.1 Å². The lowest BCUT2D eigenvalue weighted by Crippen LogP contribution is -2.35. The van der Waals surface area contributed by atoms with Crippen molar-refractivity contribution in [1.29, 1.82) is 0 Å². The van der Waals surface area contributed by atoms with Crippen LogP contribution in [0.1, 0.15) is 57.0 Å². The van der Waals surface area contributed by atoms with E-state index in [4.69, 9.17) is 18.9 Å². The van der Waals surface area contributed by atoms with E-state index >= 15 is 0 Å². The number of ketones is 1. The molecule has 7 nitrogen and oxygen atoms in total. The summed E-state index contributed by atoms with van der Waals surface area (Å²) in [5.74, 6) is -1.20. The van der Waals surface area contributed by atoms with Gasteiger partial charge in [-0.05, 0) is 27.7 Å². The molecule has 2 aliphatic heterocycles. The van der Waals surface area contributed by atoms with Gasteiger partial charge in [0.2, 0.25) is 0 Å². The monoisotopic (exact) mass is 310 g/mol. The van der Waals surface area contributed by atoms with Crippen molar-refractivity contribution in [3.63, 3.8) is 0 Å². The lowest BCUT2D eigenvalue weighted by molar-refractivity contribution is -0.174. The van der Waals surface area contributed by atoms with Crippen LogP contribution >= 0.6 is 0 Å². The van der Waals surface area contributed by atoms with Crippen molar-refractivity contribution in [2.24, 2.45) is 0 Å². The van der Waals surface area contributed by atoms with Gasteiger partial charge in [-0.1, -0.05) is 0 Å². The normalized spacial score (nSPS) is 33.2. The van der Waals surface area contributed by atoms with Crippen LogP contribution in [0.5, 0.6) is 0 Å². The first kappa shape index (κ1) is 15.6. The Bertz CT molecular complexity index is 580. The Labute approximate surface area is 129 Å². The van der Waals surface area contributed by atoms with Crippen molar-refractivity contribution in [2.45, 2.75) is 64.5 Å². The average molecular weight is 310 g/mol. The fourth-order valence-corrected chi connectivity index (χ4v) is 2.83. The zero-order chi connectivity index (χ0) is 16.1. The molecule has 0 aromatic carbocycles. The van der Waals surface area contributed by atoms with Crippen molar-refractivity contribution in [3.05, 3.63) is 17.7 Å². The summed E-state index contributed by atoms with van der Waals surface area (Å²) in [4.78, 5) is 18.6. The van der Waals surface area contributed by atoms with Gasteiger partial charge in [0.25, 0.3) is 0 Å². The first-order chi connectivity index (χ1) is 10.2. The zero-order valence-corrected chi connectivity index (χ0v) is 13.5. The molecule has 122 valence electrons. The van der Waals surface area contributed by atoms with Crippen molar-refractivity contribution in [3.8, 4) is 0 Å². The van der Waals surface area contributed by atoms with Crippen LogP contribution in [0.4, 0.5) is 0 Å². The zero-order valence-electron chi connectivity index (χ0n) is 13.5. The van der Waals surface area contributed by atoms with Crippen molar-refractivity contribution >= 4 is 5.78 Å². The van der Waals surface area contributed by atoms with Crippen LogP contribution in [0.3, 0.4) is 0 Å². The molecule has 2 fully saturated rings. The number of imidazole rings is 1. The number of carbonyl (C=O) groups is 1. The molecule has 0 spiro atoms. The van der Waals surface area contributed by atoms with Gasteiger partial charge in [-0.25, -0.2) is 4.98 Å². The van der Waals surface area contributed by atoms with E-state index in [0.717, 1.165) is 0 Å². The maximum Gasteiger partial charge on any atom is 0.194 e. The Kier molecular flexibility index (Phi) is 3.64.